The maximum atomic E-state index is 5.69. The van der Waals surface area contributed by atoms with Gasteiger partial charge in [-0.15, -0.1) is 0 Å². The molecule has 13 heavy (non-hydrogen) atoms. The normalized spacial score (nSPS) is 10.2. The van der Waals surface area contributed by atoms with Gasteiger partial charge in [0.05, 0.1) is 0 Å². The second-order valence-corrected chi connectivity index (χ2v) is 2.78. The van der Waals surface area contributed by atoms with Crippen molar-refractivity contribution >= 4 is 11.6 Å². The van der Waals surface area contributed by atoms with Crippen molar-refractivity contribution in [1.29, 1.82) is 0 Å². The maximum Gasteiger partial charge on any atom is 0.151 e. The van der Waals surface area contributed by atoms with Crippen molar-refractivity contribution in [3.05, 3.63) is 35.9 Å². The van der Waals surface area contributed by atoms with Gasteiger partial charge < -0.3 is 0 Å². The number of hydrogen-bond donors (Lipinski definition) is 0. The molecule has 2 aromatic heterocycles. The zero-order chi connectivity index (χ0) is 9.10. The van der Waals surface area contributed by atoms with Crippen LogP contribution in [-0.4, -0.2) is 24.7 Å². The summed E-state index contributed by atoms with van der Waals surface area (Å²) in [5.41, 5.74) is 0. The minimum atomic E-state index is 0.435. The molecule has 0 bridgehead atoms. The number of aromatic nitrogens is 5. The minimum Gasteiger partial charge on any atom is -0.245 e. The lowest BCUT2D eigenvalue weighted by molar-refractivity contribution is 0.653. The molecule has 0 aromatic carbocycles. The number of nitrogens with zero attached hydrogens (tertiary/aromatic N) is 5. The Morgan fingerprint density at radius 2 is 2.38 bits per heavy atom. The van der Waals surface area contributed by atoms with Crippen molar-refractivity contribution in [3.63, 3.8) is 0 Å². The lowest BCUT2D eigenvalue weighted by atomic mass is 10.5. The Labute approximate surface area is 79.4 Å². The zero-order valence-electron chi connectivity index (χ0n) is 6.63. The summed E-state index contributed by atoms with van der Waals surface area (Å²) in [6, 6.07) is 1.63. The second kappa shape index (κ2) is 3.49. The molecule has 0 radical (unpaired) electrons. The first-order valence-electron chi connectivity index (χ1n) is 3.64. The molecule has 0 saturated carbocycles. The van der Waals surface area contributed by atoms with Crippen LogP contribution in [0.15, 0.2) is 24.9 Å². The van der Waals surface area contributed by atoms with Gasteiger partial charge in [0.15, 0.2) is 5.82 Å². The van der Waals surface area contributed by atoms with E-state index in [-0.39, 0.29) is 0 Å². The van der Waals surface area contributed by atoms with E-state index in [1.807, 2.05) is 0 Å². The zero-order valence-corrected chi connectivity index (χ0v) is 7.39. The average molecular weight is 196 g/mol. The van der Waals surface area contributed by atoms with Crippen molar-refractivity contribution in [2.75, 3.05) is 0 Å². The fraction of sp³-hybridized carbons (Fsp3) is 0.143. The van der Waals surface area contributed by atoms with Crippen LogP contribution in [0.1, 0.15) is 5.82 Å². The Morgan fingerprint density at radius 1 is 1.46 bits per heavy atom. The van der Waals surface area contributed by atoms with Crippen LogP contribution < -0.4 is 0 Å². The van der Waals surface area contributed by atoms with Gasteiger partial charge in [-0.25, -0.2) is 19.6 Å². The molecule has 6 heteroatoms. The first-order chi connectivity index (χ1) is 6.34. The predicted octanol–water partition coefficient (Wildman–Crippen LogP) is 0.770. The molecule has 2 heterocycles. The van der Waals surface area contributed by atoms with Gasteiger partial charge in [-0.2, -0.15) is 5.10 Å². The largest absolute Gasteiger partial charge is 0.245 e. The molecule has 2 rings (SSSR count). The van der Waals surface area contributed by atoms with Gasteiger partial charge in [-0.3, -0.25) is 0 Å². The van der Waals surface area contributed by atoms with Gasteiger partial charge in [-0.05, 0) is 6.07 Å². The molecule has 0 fully saturated rings. The monoisotopic (exact) mass is 195 g/mol. The Bertz CT molecular complexity index is 386. The molecule has 0 unspecified atom stereocenters. The SMILES string of the molecule is Clc1ccnc(Cn2cncn2)n1. The van der Waals surface area contributed by atoms with E-state index in [4.69, 9.17) is 11.6 Å². The molecule has 5 nitrogen and oxygen atoms in total. The summed E-state index contributed by atoms with van der Waals surface area (Å²) < 4.78 is 1.63. The van der Waals surface area contributed by atoms with Crippen molar-refractivity contribution < 1.29 is 0 Å². The highest BCUT2D eigenvalue weighted by Crippen LogP contribution is 2.02. The van der Waals surface area contributed by atoms with Crippen LogP contribution in [0, 0.1) is 0 Å². The fourth-order valence-corrected chi connectivity index (χ4v) is 1.06. The van der Waals surface area contributed by atoms with E-state index in [1.54, 1.807) is 23.3 Å². The first-order valence-corrected chi connectivity index (χ1v) is 4.02. The number of halogens is 1. The molecular weight excluding hydrogens is 190 g/mol. The highest BCUT2D eigenvalue weighted by atomic mass is 35.5. The van der Waals surface area contributed by atoms with E-state index in [0.29, 0.717) is 17.5 Å². The lowest BCUT2D eigenvalue weighted by Crippen LogP contribution is -2.04. The van der Waals surface area contributed by atoms with E-state index in [9.17, 15) is 0 Å². The summed E-state index contributed by atoms with van der Waals surface area (Å²) >= 11 is 5.69. The summed E-state index contributed by atoms with van der Waals surface area (Å²) in [6.07, 6.45) is 4.68. The van der Waals surface area contributed by atoms with E-state index in [2.05, 4.69) is 20.1 Å². The van der Waals surface area contributed by atoms with Gasteiger partial charge in [0.1, 0.15) is 24.4 Å². The number of hydrogen-bond acceptors (Lipinski definition) is 4. The standard InChI is InChI=1S/C7H6ClN5/c8-6-1-2-10-7(12-6)3-13-5-9-4-11-13/h1-2,4-5H,3H2. The van der Waals surface area contributed by atoms with Gasteiger partial charge in [0.2, 0.25) is 0 Å². The first kappa shape index (κ1) is 8.12. The molecule has 0 aliphatic heterocycles. The van der Waals surface area contributed by atoms with Crippen LogP contribution in [-0.2, 0) is 6.54 Å². The molecule has 0 saturated heterocycles. The molecule has 0 atom stereocenters. The summed E-state index contributed by atoms with van der Waals surface area (Å²) in [5.74, 6) is 0.623. The minimum absolute atomic E-state index is 0.435. The Balaban J connectivity index is 2.19. The Kier molecular flexibility index (Phi) is 2.18. The summed E-state index contributed by atoms with van der Waals surface area (Å²) in [7, 11) is 0. The van der Waals surface area contributed by atoms with Crippen LogP contribution in [0.25, 0.3) is 0 Å². The summed E-state index contributed by atoms with van der Waals surface area (Å²) in [4.78, 5) is 11.8. The Morgan fingerprint density at radius 3 is 3.08 bits per heavy atom. The van der Waals surface area contributed by atoms with E-state index < -0.39 is 0 Å². The smallest absolute Gasteiger partial charge is 0.151 e. The third-order valence-corrected chi connectivity index (χ3v) is 1.65. The van der Waals surface area contributed by atoms with E-state index in [1.165, 1.54) is 6.33 Å². The molecule has 0 aliphatic carbocycles. The molecular formula is C7H6ClN5. The average Bonchev–Trinajstić information content (AvgIpc) is 2.57. The van der Waals surface area contributed by atoms with E-state index in [0.717, 1.165) is 0 Å². The third kappa shape index (κ3) is 2.00. The summed E-state index contributed by atoms with van der Waals surface area (Å²) in [6.45, 7) is 0.487. The molecule has 2 aromatic rings. The lowest BCUT2D eigenvalue weighted by Gasteiger charge is -1.98. The topological polar surface area (TPSA) is 56.5 Å². The number of rotatable bonds is 2. The van der Waals surface area contributed by atoms with Crippen LogP contribution in [0.2, 0.25) is 5.15 Å². The van der Waals surface area contributed by atoms with Gasteiger partial charge in [0.25, 0.3) is 0 Å². The Hall–Kier alpha value is -1.49. The highest BCUT2D eigenvalue weighted by Gasteiger charge is 1.98. The van der Waals surface area contributed by atoms with Crippen LogP contribution >= 0.6 is 11.6 Å². The predicted molar refractivity (Wildman–Crippen MR) is 46.2 cm³/mol. The van der Waals surface area contributed by atoms with Crippen molar-refractivity contribution in [2.45, 2.75) is 6.54 Å². The quantitative estimate of drug-likeness (QED) is 0.665. The molecule has 0 amide bonds. The molecule has 66 valence electrons. The van der Waals surface area contributed by atoms with E-state index >= 15 is 0 Å². The van der Waals surface area contributed by atoms with Gasteiger partial charge in [-0.1, -0.05) is 11.6 Å². The van der Waals surface area contributed by atoms with Crippen molar-refractivity contribution in [2.24, 2.45) is 0 Å². The molecule has 0 N–H and O–H groups in total. The molecule has 0 spiro atoms. The van der Waals surface area contributed by atoms with Gasteiger partial charge >= 0.3 is 0 Å². The van der Waals surface area contributed by atoms with Gasteiger partial charge in [0, 0.05) is 6.20 Å². The van der Waals surface area contributed by atoms with Crippen molar-refractivity contribution in [3.8, 4) is 0 Å². The third-order valence-electron chi connectivity index (χ3n) is 1.44. The van der Waals surface area contributed by atoms with Crippen LogP contribution in [0.3, 0.4) is 0 Å². The van der Waals surface area contributed by atoms with Crippen LogP contribution in [0.5, 0.6) is 0 Å². The van der Waals surface area contributed by atoms with Crippen LogP contribution in [0.4, 0.5) is 0 Å². The molecule has 0 aliphatic rings. The fourth-order valence-electron chi connectivity index (χ4n) is 0.910. The highest BCUT2D eigenvalue weighted by molar-refractivity contribution is 6.29. The second-order valence-electron chi connectivity index (χ2n) is 2.39. The summed E-state index contributed by atoms with van der Waals surface area (Å²) in [5, 5.41) is 4.36. The van der Waals surface area contributed by atoms with Crippen molar-refractivity contribution in [1.82, 2.24) is 24.7 Å². The maximum absolute atomic E-state index is 5.69.